The number of hydrogen-bond acceptors (Lipinski definition) is 2. The zero-order valence-corrected chi connectivity index (χ0v) is 13.9. The van der Waals surface area contributed by atoms with Crippen molar-refractivity contribution in [1.29, 1.82) is 0 Å². The van der Waals surface area contributed by atoms with Crippen molar-refractivity contribution in [2.75, 3.05) is 0 Å². The summed E-state index contributed by atoms with van der Waals surface area (Å²) in [6, 6.07) is 4.17. The van der Waals surface area contributed by atoms with Crippen LogP contribution in [-0.2, 0) is 0 Å². The van der Waals surface area contributed by atoms with Crippen molar-refractivity contribution in [3.05, 3.63) is 46.0 Å². The molecule has 0 bridgehead atoms. The molecule has 0 amide bonds. The van der Waals surface area contributed by atoms with E-state index in [4.69, 9.17) is 0 Å². The van der Waals surface area contributed by atoms with Gasteiger partial charge in [0.2, 0.25) is 0 Å². The van der Waals surface area contributed by atoms with Gasteiger partial charge in [-0.3, -0.25) is 17.3 Å². The van der Waals surface area contributed by atoms with Crippen LogP contribution in [0.4, 0.5) is 17.3 Å². The highest BCUT2D eigenvalue weighted by molar-refractivity contribution is 6.15. The summed E-state index contributed by atoms with van der Waals surface area (Å²) >= 11 is 0. The van der Waals surface area contributed by atoms with Gasteiger partial charge in [0, 0.05) is 11.4 Å². The molecule has 128 valence electrons. The molecule has 0 unspecified atom stereocenters. The number of H-pyrrole nitrogens is 2. The van der Waals surface area contributed by atoms with Gasteiger partial charge in [-0.2, -0.15) is 10.2 Å². The van der Waals surface area contributed by atoms with Crippen molar-refractivity contribution in [1.82, 2.24) is 9.97 Å². The van der Waals surface area contributed by atoms with Crippen LogP contribution < -0.4 is 0 Å². The van der Waals surface area contributed by atoms with E-state index in [1.165, 1.54) is 11.1 Å². The van der Waals surface area contributed by atoms with Gasteiger partial charge >= 0.3 is 15.7 Å². The molecular weight excluding hydrogens is 322 g/mol. The molecule has 0 spiro atoms. The molecule has 0 atom stereocenters. The number of aromatic amines is 2. The monoisotopic (exact) mass is 340 g/mol. The summed E-state index contributed by atoms with van der Waals surface area (Å²) in [4.78, 5) is 6.45. The van der Waals surface area contributed by atoms with E-state index < -0.39 is 15.7 Å². The lowest BCUT2D eigenvalue weighted by Crippen LogP contribution is -1.86. The zero-order valence-electron chi connectivity index (χ0n) is 13.9. The highest BCUT2D eigenvalue weighted by Gasteiger charge is 1.98. The Morgan fingerprint density at radius 2 is 1.04 bits per heavy atom. The molecule has 24 heavy (non-hydrogen) atoms. The standard InChI is InChI=1S/C14H18N4.2BF2/c1-9-5-11(3)17-13(9)7-15-16-8-14-10(2)6-12(4)18-14;2*2-1-3/h5-8,17-18H,1-4H3;;. The Bertz CT molecular complexity index is 597. The highest BCUT2D eigenvalue weighted by atomic mass is 19.2. The smallest absolute Gasteiger partial charge is 0.358 e. The van der Waals surface area contributed by atoms with Crippen LogP contribution in [0, 0.1) is 27.7 Å². The molecule has 0 aliphatic heterocycles. The molecule has 2 N–H and O–H groups in total. The van der Waals surface area contributed by atoms with Crippen LogP contribution in [0.3, 0.4) is 0 Å². The second-order valence-corrected chi connectivity index (χ2v) is 4.75. The molecule has 0 aliphatic carbocycles. The van der Waals surface area contributed by atoms with E-state index in [0.29, 0.717) is 0 Å². The first-order chi connectivity index (χ1) is 11.4. The SMILES string of the molecule is Cc1cc(C)c(C=NN=Cc2[nH]c(C)cc2C)[nH]1.F[B]F.F[B]F. The van der Waals surface area contributed by atoms with Crippen LogP contribution in [0.5, 0.6) is 0 Å². The predicted molar refractivity (Wildman–Crippen MR) is 91.7 cm³/mol. The lowest BCUT2D eigenvalue weighted by Gasteiger charge is -1.89. The number of rotatable bonds is 3. The number of halogens is 4. The number of aryl methyl sites for hydroxylation is 4. The number of nitrogens with one attached hydrogen (secondary N) is 2. The van der Waals surface area contributed by atoms with Crippen molar-refractivity contribution in [3.8, 4) is 0 Å². The van der Waals surface area contributed by atoms with Crippen LogP contribution >= 0.6 is 0 Å². The molecule has 0 saturated carbocycles. The minimum absolute atomic E-state index is 1.00. The van der Waals surface area contributed by atoms with Crippen molar-refractivity contribution < 1.29 is 17.3 Å². The van der Waals surface area contributed by atoms with Gasteiger partial charge in [0.1, 0.15) is 0 Å². The zero-order chi connectivity index (χ0) is 18.5. The maximum Gasteiger partial charge on any atom is 0.577 e. The van der Waals surface area contributed by atoms with Crippen molar-refractivity contribution >= 4 is 28.1 Å². The Labute approximate surface area is 140 Å². The lowest BCUT2D eigenvalue weighted by molar-refractivity contribution is 0.711. The molecule has 0 aliphatic rings. The summed E-state index contributed by atoms with van der Waals surface area (Å²) in [6.45, 7) is 8.15. The average molecular weight is 340 g/mol. The molecule has 0 fully saturated rings. The Hall–Kier alpha value is -2.25. The van der Waals surface area contributed by atoms with Gasteiger partial charge in [0.25, 0.3) is 0 Å². The highest BCUT2D eigenvalue weighted by Crippen LogP contribution is 2.07. The summed E-state index contributed by atoms with van der Waals surface area (Å²) in [5, 5.41) is 8.11. The van der Waals surface area contributed by atoms with Crippen molar-refractivity contribution in [2.45, 2.75) is 27.7 Å². The summed E-state index contributed by atoms with van der Waals surface area (Å²) in [6.07, 6.45) is 3.48. The van der Waals surface area contributed by atoms with E-state index in [-0.39, 0.29) is 0 Å². The van der Waals surface area contributed by atoms with Crippen LogP contribution in [0.25, 0.3) is 0 Å². The van der Waals surface area contributed by atoms with Crippen LogP contribution in [0.1, 0.15) is 33.9 Å². The quantitative estimate of drug-likeness (QED) is 0.368. The first-order valence-corrected chi connectivity index (χ1v) is 6.82. The summed E-state index contributed by atoms with van der Waals surface area (Å²) < 4.78 is 38.0. The first-order valence-electron chi connectivity index (χ1n) is 6.82. The molecule has 2 heterocycles. The topological polar surface area (TPSA) is 56.3 Å². The number of hydrogen-bond donors (Lipinski definition) is 2. The second-order valence-electron chi connectivity index (χ2n) is 4.75. The fourth-order valence-corrected chi connectivity index (χ4v) is 1.95. The Morgan fingerprint density at radius 1 is 0.750 bits per heavy atom. The molecule has 2 rings (SSSR count). The minimum atomic E-state index is -1.00. The molecule has 4 nitrogen and oxygen atoms in total. The van der Waals surface area contributed by atoms with E-state index in [0.717, 1.165) is 22.8 Å². The van der Waals surface area contributed by atoms with Crippen molar-refractivity contribution in [3.63, 3.8) is 0 Å². The second kappa shape index (κ2) is 12.2. The Balaban J connectivity index is 0.000000772. The molecule has 0 saturated heterocycles. The summed E-state index contributed by atoms with van der Waals surface area (Å²) in [7, 11) is -2.00. The van der Waals surface area contributed by atoms with Gasteiger partial charge in [0.05, 0.1) is 23.8 Å². The third-order valence-electron chi connectivity index (χ3n) is 2.82. The van der Waals surface area contributed by atoms with Gasteiger partial charge in [0.15, 0.2) is 0 Å². The average Bonchev–Trinajstić information content (AvgIpc) is 2.98. The van der Waals surface area contributed by atoms with Crippen LogP contribution in [0.15, 0.2) is 22.3 Å². The number of nitrogens with zero attached hydrogens (tertiary/aromatic N) is 2. The normalized spacial score (nSPS) is 10.2. The maximum atomic E-state index is 9.50. The van der Waals surface area contributed by atoms with Crippen LogP contribution in [-0.4, -0.2) is 38.1 Å². The van der Waals surface area contributed by atoms with E-state index in [1.807, 2.05) is 27.7 Å². The van der Waals surface area contributed by atoms with Gasteiger partial charge in [-0.05, 0) is 51.0 Å². The van der Waals surface area contributed by atoms with E-state index >= 15 is 0 Å². The number of aromatic nitrogens is 2. The molecule has 2 aromatic heterocycles. The Morgan fingerprint density at radius 3 is 1.25 bits per heavy atom. The van der Waals surface area contributed by atoms with Gasteiger partial charge in [-0.1, -0.05) is 0 Å². The maximum absolute atomic E-state index is 9.50. The molecular formula is C14H18B2F4N4. The van der Waals surface area contributed by atoms with E-state index in [9.17, 15) is 17.3 Å². The van der Waals surface area contributed by atoms with Crippen LogP contribution in [0.2, 0.25) is 0 Å². The molecule has 2 radical (unpaired) electrons. The third kappa shape index (κ3) is 8.40. The van der Waals surface area contributed by atoms with Gasteiger partial charge in [-0.25, -0.2) is 0 Å². The molecule has 0 aromatic carbocycles. The van der Waals surface area contributed by atoms with E-state index in [2.05, 4.69) is 32.3 Å². The van der Waals surface area contributed by atoms with Crippen molar-refractivity contribution in [2.24, 2.45) is 10.2 Å². The molecule has 10 heteroatoms. The predicted octanol–water partition coefficient (Wildman–Crippen LogP) is 3.95. The van der Waals surface area contributed by atoms with Gasteiger partial charge in [-0.15, -0.1) is 0 Å². The minimum Gasteiger partial charge on any atom is -0.358 e. The summed E-state index contributed by atoms with van der Waals surface area (Å²) in [5.74, 6) is 0. The lowest BCUT2D eigenvalue weighted by atomic mass is 10.3. The first kappa shape index (κ1) is 21.7. The fourth-order valence-electron chi connectivity index (χ4n) is 1.95. The Kier molecular flexibility index (Phi) is 11.1. The van der Waals surface area contributed by atoms with E-state index in [1.54, 1.807) is 12.4 Å². The largest absolute Gasteiger partial charge is 0.577 e. The van der Waals surface area contributed by atoms with Gasteiger partial charge < -0.3 is 9.97 Å². The fraction of sp³-hybridized carbons (Fsp3) is 0.286. The summed E-state index contributed by atoms with van der Waals surface area (Å²) in [5.41, 5.74) is 6.63. The molecule has 2 aromatic rings. The third-order valence-corrected chi connectivity index (χ3v) is 2.82.